The molecule has 1 heterocycles. The Labute approximate surface area is 160 Å². The van der Waals surface area contributed by atoms with E-state index >= 15 is 0 Å². The maximum absolute atomic E-state index is 12.6. The number of hydrogen-bond donors (Lipinski definition) is 1. The van der Waals surface area contributed by atoms with Gasteiger partial charge in [-0.25, -0.2) is 0 Å². The van der Waals surface area contributed by atoms with Crippen LogP contribution in [0.15, 0.2) is 54.6 Å². The number of benzene rings is 2. The molecular formula is C22H26N2O3. The smallest absolute Gasteiger partial charge is 0.240 e. The van der Waals surface area contributed by atoms with Crippen molar-refractivity contribution in [3.8, 4) is 5.75 Å². The zero-order chi connectivity index (χ0) is 19.2. The topological polar surface area (TPSA) is 72.6 Å². The summed E-state index contributed by atoms with van der Waals surface area (Å²) in [5.74, 6) is 0.670. The number of nitrogens with zero attached hydrogens (tertiary/aromatic N) is 1. The molecule has 0 radical (unpaired) electrons. The highest BCUT2D eigenvalue weighted by Gasteiger charge is 2.34. The molecule has 2 aromatic rings. The van der Waals surface area contributed by atoms with Crippen molar-refractivity contribution < 1.29 is 14.3 Å². The fourth-order valence-electron chi connectivity index (χ4n) is 3.47. The van der Waals surface area contributed by atoms with Gasteiger partial charge in [0.05, 0.1) is 12.1 Å². The Morgan fingerprint density at radius 2 is 1.81 bits per heavy atom. The van der Waals surface area contributed by atoms with Gasteiger partial charge in [0.25, 0.3) is 0 Å². The average Bonchev–Trinajstić information content (AvgIpc) is 3.18. The molecule has 5 heteroatoms. The molecule has 142 valence electrons. The Hall–Kier alpha value is -2.66. The average molecular weight is 366 g/mol. The van der Waals surface area contributed by atoms with Crippen molar-refractivity contribution >= 4 is 11.7 Å². The predicted octanol–water partition coefficient (Wildman–Crippen LogP) is 2.72. The summed E-state index contributed by atoms with van der Waals surface area (Å²) < 4.78 is 5.78. The molecule has 2 N–H and O–H groups in total. The van der Waals surface area contributed by atoms with Crippen molar-refractivity contribution in [1.82, 2.24) is 4.90 Å². The first kappa shape index (κ1) is 19.1. The molecule has 0 bridgehead atoms. The van der Waals surface area contributed by atoms with Crippen LogP contribution in [-0.2, 0) is 22.6 Å². The van der Waals surface area contributed by atoms with Crippen LogP contribution in [-0.4, -0.2) is 35.2 Å². The van der Waals surface area contributed by atoms with E-state index < -0.39 is 6.04 Å². The largest absolute Gasteiger partial charge is 0.489 e. The third-order valence-electron chi connectivity index (χ3n) is 4.95. The van der Waals surface area contributed by atoms with Crippen LogP contribution in [0.3, 0.4) is 0 Å². The maximum Gasteiger partial charge on any atom is 0.240 e. The van der Waals surface area contributed by atoms with Gasteiger partial charge < -0.3 is 15.4 Å². The number of ketones is 1. The molecule has 1 aliphatic rings. The van der Waals surface area contributed by atoms with Crippen LogP contribution in [0.4, 0.5) is 0 Å². The SMILES string of the molecule is CC(=O)C1CCCN1C(=O)C(N)Cc1ccc(OCc2ccccc2)cc1. The van der Waals surface area contributed by atoms with Gasteiger partial charge in [-0.15, -0.1) is 0 Å². The number of amides is 1. The molecule has 1 amide bonds. The minimum Gasteiger partial charge on any atom is -0.489 e. The summed E-state index contributed by atoms with van der Waals surface area (Å²) >= 11 is 0. The molecule has 5 nitrogen and oxygen atoms in total. The van der Waals surface area contributed by atoms with E-state index in [0.717, 1.165) is 29.7 Å². The Balaban J connectivity index is 1.54. The van der Waals surface area contributed by atoms with Crippen molar-refractivity contribution in [3.05, 3.63) is 65.7 Å². The van der Waals surface area contributed by atoms with Gasteiger partial charge in [0.1, 0.15) is 12.4 Å². The van der Waals surface area contributed by atoms with E-state index in [1.54, 1.807) is 4.90 Å². The highest BCUT2D eigenvalue weighted by Crippen LogP contribution is 2.20. The number of nitrogens with two attached hydrogens (primary N) is 1. The summed E-state index contributed by atoms with van der Waals surface area (Å²) in [6, 6.07) is 16.7. The van der Waals surface area contributed by atoms with Crippen LogP contribution in [0, 0.1) is 0 Å². The van der Waals surface area contributed by atoms with E-state index in [-0.39, 0.29) is 17.7 Å². The molecule has 2 atom stereocenters. The summed E-state index contributed by atoms with van der Waals surface area (Å²) in [6.07, 6.45) is 2.04. The fraction of sp³-hybridized carbons (Fsp3) is 0.364. The zero-order valence-electron chi connectivity index (χ0n) is 15.6. The van der Waals surface area contributed by atoms with Crippen molar-refractivity contribution in [2.45, 2.75) is 44.9 Å². The van der Waals surface area contributed by atoms with Gasteiger partial charge in [-0.05, 0) is 49.4 Å². The molecule has 27 heavy (non-hydrogen) atoms. The Morgan fingerprint density at radius 1 is 1.11 bits per heavy atom. The third-order valence-corrected chi connectivity index (χ3v) is 4.95. The molecular weight excluding hydrogens is 340 g/mol. The highest BCUT2D eigenvalue weighted by atomic mass is 16.5. The number of ether oxygens (including phenoxy) is 1. The molecule has 0 saturated carbocycles. The van der Waals surface area contributed by atoms with E-state index in [0.29, 0.717) is 19.6 Å². The second-order valence-corrected chi connectivity index (χ2v) is 7.03. The van der Waals surface area contributed by atoms with E-state index in [2.05, 4.69) is 0 Å². The first-order valence-electron chi connectivity index (χ1n) is 9.37. The minimum absolute atomic E-state index is 0.0352. The van der Waals surface area contributed by atoms with Crippen molar-refractivity contribution in [1.29, 1.82) is 0 Å². The Bertz CT molecular complexity index is 774. The lowest BCUT2D eigenvalue weighted by atomic mass is 10.0. The molecule has 0 aromatic heterocycles. The lowest BCUT2D eigenvalue weighted by Crippen LogP contribution is -2.48. The monoisotopic (exact) mass is 366 g/mol. The fourth-order valence-corrected chi connectivity index (χ4v) is 3.47. The van der Waals surface area contributed by atoms with Crippen molar-refractivity contribution in [3.63, 3.8) is 0 Å². The van der Waals surface area contributed by atoms with Crippen LogP contribution in [0.1, 0.15) is 30.9 Å². The quantitative estimate of drug-likeness (QED) is 0.818. The summed E-state index contributed by atoms with van der Waals surface area (Å²) in [6.45, 7) is 2.67. The molecule has 1 fully saturated rings. The van der Waals surface area contributed by atoms with Gasteiger partial charge in [0.2, 0.25) is 5.91 Å². The lowest BCUT2D eigenvalue weighted by molar-refractivity contribution is -0.138. The van der Waals surface area contributed by atoms with Crippen LogP contribution < -0.4 is 10.5 Å². The Morgan fingerprint density at radius 3 is 2.48 bits per heavy atom. The summed E-state index contributed by atoms with van der Waals surface area (Å²) in [5, 5.41) is 0. The number of rotatable bonds is 7. The van der Waals surface area contributed by atoms with Gasteiger partial charge in [0.15, 0.2) is 5.78 Å². The van der Waals surface area contributed by atoms with Gasteiger partial charge >= 0.3 is 0 Å². The molecule has 0 aliphatic carbocycles. The molecule has 1 aliphatic heterocycles. The van der Waals surface area contributed by atoms with Crippen LogP contribution in [0.25, 0.3) is 0 Å². The number of carbonyl (C=O) groups is 2. The van der Waals surface area contributed by atoms with Gasteiger partial charge in [-0.2, -0.15) is 0 Å². The molecule has 3 rings (SSSR count). The summed E-state index contributed by atoms with van der Waals surface area (Å²) in [4.78, 5) is 26.0. The van der Waals surface area contributed by atoms with E-state index in [1.807, 2.05) is 54.6 Å². The van der Waals surface area contributed by atoms with E-state index in [4.69, 9.17) is 10.5 Å². The van der Waals surface area contributed by atoms with Gasteiger partial charge in [-0.3, -0.25) is 9.59 Å². The number of carbonyl (C=O) groups excluding carboxylic acids is 2. The van der Waals surface area contributed by atoms with Gasteiger partial charge in [0, 0.05) is 6.54 Å². The summed E-state index contributed by atoms with van der Waals surface area (Å²) in [5.41, 5.74) is 8.21. The standard InChI is InChI=1S/C22H26N2O3/c1-16(25)21-8-5-13-24(21)22(26)20(23)14-17-9-11-19(12-10-17)27-15-18-6-3-2-4-7-18/h2-4,6-7,9-12,20-21H,5,8,13-15,23H2,1H3. The van der Waals surface area contributed by atoms with Crippen LogP contribution in [0.2, 0.25) is 0 Å². The number of Topliss-reactive ketones (excluding diaryl/α,β-unsaturated/α-hetero) is 1. The maximum atomic E-state index is 12.6. The van der Waals surface area contributed by atoms with Gasteiger partial charge in [-0.1, -0.05) is 42.5 Å². The second kappa shape index (κ2) is 8.82. The zero-order valence-corrected chi connectivity index (χ0v) is 15.6. The number of likely N-dealkylation sites (tertiary alicyclic amines) is 1. The van der Waals surface area contributed by atoms with E-state index in [1.165, 1.54) is 6.92 Å². The third kappa shape index (κ3) is 4.95. The normalized spacial score (nSPS) is 17.6. The highest BCUT2D eigenvalue weighted by molar-refractivity contribution is 5.90. The van der Waals surface area contributed by atoms with Crippen molar-refractivity contribution in [2.75, 3.05) is 6.54 Å². The summed E-state index contributed by atoms with van der Waals surface area (Å²) in [7, 11) is 0. The lowest BCUT2D eigenvalue weighted by Gasteiger charge is -2.25. The van der Waals surface area contributed by atoms with Crippen molar-refractivity contribution in [2.24, 2.45) is 5.73 Å². The van der Waals surface area contributed by atoms with Crippen LogP contribution >= 0.6 is 0 Å². The first-order valence-corrected chi connectivity index (χ1v) is 9.37. The molecule has 2 unspecified atom stereocenters. The molecule has 2 aromatic carbocycles. The number of hydrogen-bond acceptors (Lipinski definition) is 4. The van der Waals surface area contributed by atoms with E-state index in [9.17, 15) is 9.59 Å². The molecule has 0 spiro atoms. The second-order valence-electron chi connectivity index (χ2n) is 7.03. The van der Waals surface area contributed by atoms with Crippen LogP contribution in [0.5, 0.6) is 5.75 Å². The Kier molecular flexibility index (Phi) is 6.24. The predicted molar refractivity (Wildman–Crippen MR) is 104 cm³/mol. The first-order chi connectivity index (χ1) is 13.0. The minimum atomic E-state index is -0.638. The molecule has 1 saturated heterocycles.